The second-order valence-corrected chi connectivity index (χ2v) is 8.86. The van der Waals surface area contributed by atoms with Gasteiger partial charge in [0.1, 0.15) is 11.0 Å². The average molecular weight is 446 g/mol. The molecular weight excluding hydrogens is 428 g/mol. The van der Waals surface area contributed by atoms with Gasteiger partial charge in [-0.25, -0.2) is 9.97 Å². The molecule has 0 fully saturated rings. The standard InChI is InChI=1S/C21H18N8O2S/c1-11-8-29(21(30)19-27-26-18(31-19)12-7-24-28(2)9-12)17(16-15(11)22-10-23-16)20-25-13-5-3-4-6-14(13)32-20/h3-7,9-11,17H,8H2,1-2H3,(H,22,23)/t11-,17-/m0/s1. The number of rotatable bonds is 3. The van der Waals surface area contributed by atoms with Crippen molar-refractivity contribution in [1.82, 2.24) is 39.8 Å². The number of nitrogens with zero attached hydrogens (tertiary/aromatic N) is 7. The van der Waals surface area contributed by atoms with Crippen molar-refractivity contribution in [1.29, 1.82) is 0 Å². The first kappa shape index (κ1) is 18.9. The number of para-hydroxylation sites is 1. The number of nitrogens with one attached hydrogen (secondary N) is 1. The zero-order chi connectivity index (χ0) is 21.8. The summed E-state index contributed by atoms with van der Waals surface area (Å²) in [6.07, 6.45) is 5.04. The topological polar surface area (TPSA) is 119 Å². The number of aryl methyl sites for hydroxylation is 1. The lowest BCUT2D eigenvalue weighted by Crippen LogP contribution is -2.42. The quantitative estimate of drug-likeness (QED) is 0.452. The molecule has 1 aromatic carbocycles. The van der Waals surface area contributed by atoms with Gasteiger partial charge in [-0.1, -0.05) is 19.1 Å². The van der Waals surface area contributed by atoms with E-state index in [-0.39, 0.29) is 23.6 Å². The predicted molar refractivity (Wildman–Crippen MR) is 116 cm³/mol. The van der Waals surface area contributed by atoms with E-state index in [0.717, 1.165) is 26.6 Å². The highest BCUT2D eigenvalue weighted by Crippen LogP contribution is 2.41. The van der Waals surface area contributed by atoms with Crippen LogP contribution < -0.4 is 0 Å². The molecule has 0 saturated heterocycles. The average Bonchev–Trinajstić information content (AvgIpc) is 3.58. The lowest BCUT2D eigenvalue weighted by Gasteiger charge is -2.35. The molecule has 1 amide bonds. The highest BCUT2D eigenvalue weighted by molar-refractivity contribution is 7.18. The minimum absolute atomic E-state index is 0.0684. The second-order valence-electron chi connectivity index (χ2n) is 7.80. The van der Waals surface area contributed by atoms with Crippen molar-refractivity contribution in [3.8, 4) is 11.5 Å². The molecule has 0 unspecified atom stereocenters. The highest BCUT2D eigenvalue weighted by atomic mass is 32.1. The van der Waals surface area contributed by atoms with Crippen molar-refractivity contribution in [2.45, 2.75) is 18.9 Å². The Balaban J connectivity index is 1.42. The van der Waals surface area contributed by atoms with Gasteiger partial charge in [-0.3, -0.25) is 9.48 Å². The van der Waals surface area contributed by atoms with Crippen LogP contribution in [-0.2, 0) is 7.05 Å². The van der Waals surface area contributed by atoms with Gasteiger partial charge in [0.25, 0.3) is 5.89 Å². The third-order valence-electron chi connectivity index (χ3n) is 5.60. The first-order valence-corrected chi connectivity index (χ1v) is 10.9. The number of hydrogen-bond acceptors (Lipinski definition) is 8. The molecule has 32 heavy (non-hydrogen) atoms. The summed E-state index contributed by atoms with van der Waals surface area (Å²) in [5.74, 6) is -0.0927. The number of aromatic nitrogens is 7. The van der Waals surface area contributed by atoms with Gasteiger partial charge in [0, 0.05) is 31.4 Å². The molecule has 4 aromatic heterocycles. The summed E-state index contributed by atoms with van der Waals surface area (Å²) in [5.41, 5.74) is 3.36. The number of H-pyrrole nitrogens is 1. The van der Waals surface area contributed by atoms with E-state index in [1.165, 1.54) is 0 Å². The summed E-state index contributed by atoms with van der Waals surface area (Å²) in [4.78, 5) is 27.9. The Morgan fingerprint density at radius 3 is 2.97 bits per heavy atom. The maximum Gasteiger partial charge on any atom is 0.312 e. The zero-order valence-electron chi connectivity index (χ0n) is 17.3. The van der Waals surface area contributed by atoms with Crippen molar-refractivity contribution in [3.05, 3.63) is 65.3 Å². The Hall–Kier alpha value is -3.86. The third kappa shape index (κ3) is 2.93. The number of hydrogen-bond donors (Lipinski definition) is 1. The molecule has 1 aliphatic heterocycles. The van der Waals surface area contributed by atoms with E-state index in [0.29, 0.717) is 12.1 Å². The minimum atomic E-state index is -0.439. The highest BCUT2D eigenvalue weighted by Gasteiger charge is 2.41. The molecule has 11 heteroatoms. The van der Waals surface area contributed by atoms with E-state index in [1.807, 2.05) is 24.3 Å². The first-order chi connectivity index (χ1) is 15.6. The Labute approximate surface area is 185 Å². The SMILES string of the molecule is C[C@H]1CN(C(=O)c2nnc(-c3cnn(C)c3)o2)[C@H](c2nc3ccccc3s2)c2nc[nH]c21. The Bertz CT molecular complexity index is 1410. The van der Waals surface area contributed by atoms with Crippen LogP contribution in [0.15, 0.2) is 47.4 Å². The molecule has 0 saturated carbocycles. The third-order valence-corrected chi connectivity index (χ3v) is 6.69. The second kappa shape index (κ2) is 7.09. The summed E-state index contributed by atoms with van der Waals surface area (Å²) in [5, 5.41) is 13.0. The first-order valence-electron chi connectivity index (χ1n) is 10.1. The van der Waals surface area contributed by atoms with Gasteiger partial charge in [-0.15, -0.1) is 21.5 Å². The molecule has 5 aromatic rings. The van der Waals surface area contributed by atoms with Crippen LogP contribution in [0.25, 0.3) is 21.7 Å². The maximum atomic E-state index is 13.6. The summed E-state index contributed by atoms with van der Waals surface area (Å²) >= 11 is 1.56. The number of benzene rings is 1. The van der Waals surface area contributed by atoms with E-state index in [9.17, 15) is 4.79 Å². The van der Waals surface area contributed by atoms with E-state index in [1.54, 1.807) is 46.7 Å². The van der Waals surface area contributed by atoms with Crippen molar-refractivity contribution >= 4 is 27.5 Å². The largest absolute Gasteiger partial charge is 0.412 e. The van der Waals surface area contributed by atoms with Gasteiger partial charge in [0.05, 0.1) is 34.0 Å². The number of amides is 1. The molecule has 0 radical (unpaired) electrons. The van der Waals surface area contributed by atoms with Crippen LogP contribution in [0, 0.1) is 0 Å². The van der Waals surface area contributed by atoms with Crippen LogP contribution in [0.2, 0.25) is 0 Å². The van der Waals surface area contributed by atoms with Crippen molar-refractivity contribution in [3.63, 3.8) is 0 Å². The van der Waals surface area contributed by atoms with Gasteiger partial charge in [0.2, 0.25) is 0 Å². The molecule has 160 valence electrons. The smallest absolute Gasteiger partial charge is 0.312 e. The van der Waals surface area contributed by atoms with Crippen molar-refractivity contribution in [2.24, 2.45) is 7.05 Å². The van der Waals surface area contributed by atoms with Crippen LogP contribution in [0.4, 0.5) is 0 Å². The van der Waals surface area contributed by atoms with Crippen LogP contribution >= 0.6 is 11.3 Å². The zero-order valence-corrected chi connectivity index (χ0v) is 18.1. The van der Waals surface area contributed by atoms with Crippen LogP contribution in [0.3, 0.4) is 0 Å². The molecular formula is C21H18N8O2S. The van der Waals surface area contributed by atoms with E-state index >= 15 is 0 Å². The molecule has 2 atom stereocenters. The maximum absolute atomic E-state index is 13.6. The monoisotopic (exact) mass is 446 g/mol. The molecule has 6 rings (SSSR count). The van der Waals surface area contributed by atoms with Gasteiger partial charge in [-0.2, -0.15) is 5.10 Å². The molecule has 0 spiro atoms. The van der Waals surface area contributed by atoms with E-state index in [2.05, 4.69) is 32.2 Å². The molecule has 0 bridgehead atoms. The lowest BCUT2D eigenvalue weighted by molar-refractivity contribution is 0.0633. The Morgan fingerprint density at radius 1 is 1.28 bits per heavy atom. The van der Waals surface area contributed by atoms with Crippen LogP contribution in [-0.4, -0.2) is 52.3 Å². The van der Waals surface area contributed by atoms with E-state index in [4.69, 9.17) is 9.40 Å². The number of imidazole rings is 1. The number of carbonyl (C=O) groups is 1. The summed E-state index contributed by atoms with van der Waals surface area (Å²) in [7, 11) is 1.80. The van der Waals surface area contributed by atoms with Crippen molar-refractivity contribution in [2.75, 3.05) is 6.54 Å². The van der Waals surface area contributed by atoms with Crippen LogP contribution in [0.1, 0.15) is 46.0 Å². The predicted octanol–water partition coefficient (Wildman–Crippen LogP) is 3.15. The van der Waals surface area contributed by atoms with Gasteiger partial charge < -0.3 is 14.3 Å². The van der Waals surface area contributed by atoms with Gasteiger partial charge in [-0.05, 0) is 12.1 Å². The molecule has 10 nitrogen and oxygen atoms in total. The van der Waals surface area contributed by atoms with E-state index < -0.39 is 6.04 Å². The fourth-order valence-corrected chi connectivity index (χ4v) is 5.19. The Kier molecular flexibility index (Phi) is 4.18. The number of fused-ring (bicyclic) bond motifs is 2. The summed E-state index contributed by atoms with van der Waals surface area (Å²) < 4.78 is 8.43. The van der Waals surface area contributed by atoms with Gasteiger partial charge >= 0.3 is 11.8 Å². The minimum Gasteiger partial charge on any atom is -0.412 e. The van der Waals surface area contributed by atoms with Crippen molar-refractivity contribution < 1.29 is 9.21 Å². The normalized spacial score (nSPS) is 18.2. The number of thiazole rings is 1. The summed E-state index contributed by atoms with van der Waals surface area (Å²) in [6.45, 7) is 2.53. The molecule has 1 aliphatic rings. The van der Waals surface area contributed by atoms with Gasteiger partial charge in [0.15, 0.2) is 0 Å². The molecule has 0 aliphatic carbocycles. The lowest BCUT2D eigenvalue weighted by atomic mass is 9.95. The van der Waals surface area contributed by atoms with Crippen LogP contribution in [0.5, 0.6) is 0 Å². The number of carbonyl (C=O) groups excluding carboxylic acids is 1. The molecule has 1 N–H and O–H groups in total. The Morgan fingerprint density at radius 2 is 2.16 bits per heavy atom. The fraction of sp³-hybridized carbons (Fsp3) is 0.238. The molecule has 5 heterocycles. The summed E-state index contributed by atoms with van der Waals surface area (Å²) in [6, 6.07) is 7.49. The number of aromatic amines is 1. The fourth-order valence-electron chi connectivity index (χ4n) is 4.11.